The molecule has 1 nitrogen and oxygen atoms in total. The molecule has 0 radical (unpaired) electrons. The van der Waals surface area contributed by atoms with Crippen LogP contribution in [0.3, 0.4) is 0 Å². The fourth-order valence-corrected chi connectivity index (χ4v) is 1.79. The zero-order valence-electron chi connectivity index (χ0n) is 7.16. The largest absolute Gasteiger partial charge is 0.392 e. The molecule has 0 aliphatic rings. The number of benzene rings is 1. The monoisotopic (exact) mass is 214 g/mol. The van der Waals surface area contributed by atoms with Crippen LogP contribution >= 0.6 is 23.4 Å². The van der Waals surface area contributed by atoms with Crippen LogP contribution in [-0.4, -0.2) is 10.9 Å². The highest BCUT2D eigenvalue weighted by atomic mass is 35.5. The molecule has 1 rings (SSSR count). The van der Waals surface area contributed by atoms with Crippen LogP contribution in [-0.2, 0) is 6.61 Å². The van der Waals surface area contributed by atoms with Crippen LogP contribution < -0.4 is 0 Å². The molecule has 0 atom stereocenters. The number of hydrogen-bond acceptors (Lipinski definition) is 2. The first-order chi connectivity index (χ1) is 6.22. The lowest BCUT2D eigenvalue weighted by Crippen LogP contribution is -1.83. The lowest BCUT2D eigenvalue weighted by Gasteiger charge is -2.01. The Bertz CT molecular complexity index is 299. The van der Waals surface area contributed by atoms with Crippen LogP contribution in [0.1, 0.15) is 5.56 Å². The summed E-state index contributed by atoms with van der Waals surface area (Å²) in [4.78, 5) is 1.10. The molecule has 0 amide bonds. The molecule has 0 saturated carbocycles. The van der Waals surface area contributed by atoms with Gasteiger partial charge in [0.25, 0.3) is 0 Å². The highest BCUT2D eigenvalue weighted by Crippen LogP contribution is 2.22. The minimum Gasteiger partial charge on any atom is -0.392 e. The second-order valence-corrected chi connectivity index (χ2v) is 4.19. The van der Waals surface area contributed by atoms with Gasteiger partial charge in [-0.1, -0.05) is 30.3 Å². The third-order valence-electron chi connectivity index (χ3n) is 1.48. The van der Waals surface area contributed by atoms with Gasteiger partial charge in [0.05, 0.1) is 6.61 Å². The Balaban J connectivity index is 2.61. The average molecular weight is 215 g/mol. The number of aliphatic hydroxyl groups excluding tert-OH is 1. The summed E-state index contributed by atoms with van der Waals surface area (Å²) in [5.41, 5.74) is 0.921. The van der Waals surface area contributed by atoms with Crippen molar-refractivity contribution in [3.05, 3.63) is 41.4 Å². The fourth-order valence-electron chi connectivity index (χ4n) is 0.895. The molecule has 0 heterocycles. The predicted molar refractivity (Wildman–Crippen MR) is 58.1 cm³/mol. The van der Waals surface area contributed by atoms with Gasteiger partial charge in [-0.15, -0.1) is 11.8 Å². The van der Waals surface area contributed by atoms with Gasteiger partial charge >= 0.3 is 0 Å². The third kappa shape index (κ3) is 3.85. The van der Waals surface area contributed by atoms with Crippen LogP contribution in [0.2, 0.25) is 0 Å². The molecule has 3 heteroatoms. The van der Waals surface area contributed by atoms with Gasteiger partial charge in [0.1, 0.15) is 0 Å². The molecule has 0 aromatic heterocycles. The summed E-state index contributed by atoms with van der Waals surface area (Å²) < 4.78 is 0. The van der Waals surface area contributed by atoms with Crippen LogP contribution in [0.5, 0.6) is 0 Å². The summed E-state index contributed by atoms with van der Waals surface area (Å²) in [6.45, 7) is 3.69. The molecular weight excluding hydrogens is 204 g/mol. The topological polar surface area (TPSA) is 20.2 Å². The van der Waals surface area contributed by atoms with E-state index in [1.54, 1.807) is 11.8 Å². The molecular formula is C10H11ClOS. The van der Waals surface area contributed by atoms with Gasteiger partial charge in [-0.05, 0) is 17.7 Å². The van der Waals surface area contributed by atoms with E-state index in [1.165, 1.54) is 0 Å². The van der Waals surface area contributed by atoms with E-state index in [9.17, 15) is 0 Å². The first-order valence-corrected chi connectivity index (χ1v) is 5.24. The van der Waals surface area contributed by atoms with Crippen molar-refractivity contribution in [1.82, 2.24) is 0 Å². The van der Waals surface area contributed by atoms with Crippen LogP contribution in [0.25, 0.3) is 0 Å². The summed E-state index contributed by atoms with van der Waals surface area (Å²) in [5.74, 6) is 0.705. The zero-order valence-corrected chi connectivity index (χ0v) is 8.74. The highest BCUT2D eigenvalue weighted by Gasteiger charge is 1.96. The van der Waals surface area contributed by atoms with Crippen molar-refractivity contribution in [2.75, 3.05) is 5.75 Å². The molecule has 0 aliphatic heterocycles. The minimum absolute atomic E-state index is 0.0796. The van der Waals surface area contributed by atoms with Gasteiger partial charge < -0.3 is 5.11 Å². The summed E-state index contributed by atoms with van der Waals surface area (Å²) in [6.07, 6.45) is 0. The Morgan fingerprint density at radius 3 is 2.92 bits per heavy atom. The zero-order chi connectivity index (χ0) is 9.68. The van der Waals surface area contributed by atoms with Crippen LogP contribution in [0.4, 0.5) is 0 Å². The van der Waals surface area contributed by atoms with Crippen molar-refractivity contribution in [3.8, 4) is 0 Å². The Morgan fingerprint density at radius 1 is 1.54 bits per heavy atom. The van der Waals surface area contributed by atoms with E-state index in [-0.39, 0.29) is 6.61 Å². The highest BCUT2D eigenvalue weighted by molar-refractivity contribution is 7.99. The molecule has 1 aromatic carbocycles. The molecule has 0 unspecified atom stereocenters. The quantitative estimate of drug-likeness (QED) is 0.778. The van der Waals surface area contributed by atoms with Crippen molar-refractivity contribution in [3.63, 3.8) is 0 Å². The van der Waals surface area contributed by atoms with E-state index in [2.05, 4.69) is 6.58 Å². The molecule has 0 aliphatic carbocycles. The minimum atomic E-state index is 0.0796. The van der Waals surface area contributed by atoms with E-state index in [4.69, 9.17) is 16.7 Å². The van der Waals surface area contributed by atoms with Gasteiger partial charge in [0, 0.05) is 15.7 Å². The van der Waals surface area contributed by atoms with Gasteiger partial charge in [0.15, 0.2) is 0 Å². The lowest BCUT2D eigenvalue weighted by molar-refractivity contribution is 0.281. The number of thioether (sulfide) groups is 1. The van der Waals surface area contributed by atoms with E-state index in [0.29, 0.717) is 10.8 Å². The molecule has 0 bridgehead atoms. The van der Waals surface area contributed by atoms with Crippen molar-refractivity contribution in [2.45, 2.75) is 11.5 Å². The van der Waals surface area contributed by atoms with E-state index in [0.717, 1.165) is 10.5 Å². The summed E-state index contributed by atoms with van der Waals surface area (Å²) >= 11 is 7.25. The molecule has 0 saturated heterocycles. The summed E-state index contributed by atoms with van der Waals surface area (Å²) in [7, 11) is 0. The lowest BCUT2D eigenvalue weighted by atomic mass is 10.2. The van der Waals surface area contributed by atoms with Gasteiger partial charge in [-0.3, -0.25) is 0 Å². The Labute approximate surface area is 87.4 Å². The molecule has 0 fully saturated rings. The van der Waals surface area contributed by atoms with E-state index >= 15 is 0 Å². The molecule has 1 aromatic rings. The first-order valence-electron chi connectivity index (χ1n) is 3.88. The van der Waals surface area contributed by atoms with Gasteiger partial charge in [-0.25, -0.2) is 0 Å². The smallest absolute Gasteiger partial charge is 0.0682 e. The second-order valence-electron chi connectivity index (χ2n) is 2.61. The van der Waals surface area contributed by atoms with Crippen LogP contribution in [0.15, 0.2) is 40.8 Å². The number of hydrogen-bond donors (Lipinski definition) is 1. The van der Waals surface area contributed by atoms with E-state index < -0.39 is 0 Å². The standard InChI is InChI=1S/C10H11ClOS/c1-8(11)7-13-10-4-2-3-9(5-10)6-12/h2-5,12H,1,6-7H2. The average Bonchev–Trinajstić information content (AvgIpc) is 2.15. The number of halogens is 1. The van der Waals surface area contributed by atoms with Crippen molar-refractivity contribution in [2.24, 2.45) is 0 Å². The maximum Gasteiger partial charge on any atom is 0.0682 e. The molecule has 13 heavy (non-hydrogen) atoms. The summed E-state index contributed by atoms with van der Waals surface area (Å²) in [5, 5.41) is 9.52. The van der Waals surface area contributed by atoms with Crippen molar-refractivity contribution >= 4 is 23.4 Å². The van der Waals surface area contributed by atoms with Gasteiger partial charge in [0.2, 0.25) is 0 Å². The second kappa shape index (κ2) is 5.32. The fraction of sp³-hybridized carbons (Fsp3) is 0.200. The SMILES string of the molecule is C=C(Cl)CSc1cccc(CO)c1. The summed E-state index contributed by atoms with van der Waals surface area (Å²) in [6, 6.07) is 7.75. The van der Waals surface area contributed by atoms with Gasteiger partial charge in [-0.2, -0.15) is 0 Å². The molecule has 1 N–H and O–H groups in total. The first kappa shape index (κ1) is 10.6. The Hall–Kier alpha value is -0.440. The molecule has 70 valence electrons. The maximum absolute atomic E-state index is 8.89. The Morgan fingerprint density at radius 2 is 2.31 bits per heavy atom. The maximum atomic E-state index is 8.89. The van der Waals surface area contributed by atoms with E-state index in [1.807, 2.05) is 24.3 Å². The number of aliphatic hydroxyl groups is 1. The molecule has 0 spiro atoms. The third-order valence-corrected chi connectivity index (χ3v) is 2.85. The van der Waals surface area contributed by atoms with Crippen LogP contribution in [0, 0.1) is 0 Å². The predicted octanol–water partition coefficient (Wildman–Crippen LogP) is 3.02. The number of rotatable bonds is 4. The van der Waals surface area contributed by atoms with Crippen molar-refractivity contribution < 1.29 is 5.11 Å². The van der Waals surface area contributed by atoms with Crippen molar-refractivity contribution in [1.29, 1.82) is 0 Å². The Kier molecular flexibility index (Phi) is 4.36. The normalized spacial score (nSPS) is 10.0.